The van der Waals surface area contributed by atoms with E-state index in [1.165, 1.54) is 0 Å². The Labute approximate surface area is 112 Å². The molecule has 0 saturated carbocycles. The SMILES string of the molecule is CC(C)(O)C(C)(C)O[B]B1NC(C)(C)C(C)(C)O1. The summed E-state index contributed by atoms with van der Waals surface area (Å²) in [5, 5.41) is 13.4. The van der Waals surface area contributed by atoms with E-state index in [4.69, 9.17) is 9.31 Å². The number of hydrogen-bond acceptors (Lipinski definition) is 4. The first-order valence-electron chi connectivity index (χ1n) is 6.48. The fourth-order valence-electron chi connectivity index (χ4n) is 1.46. The second kappa shape index (κ2) is 4.51. The van der Waals surface area contributed by atoms with Crippen LogP contribution in [-0.4, -0.2) is 41.8 Å². The van der Waals surface area contributed by atoms with E-state index in [0.717, 1.165) is 0 Å². The molecule has 0 bridgehead atoms. The summed E-state index contributed by atoms with van der Waals surface area (Å²) in [5.74, 6) is 0. The normalized spacial score (nSPS) is 23.3. The van der Waals surface area contributed by atoms with Crippen LogP contribution in [0.25, 0.3) is 0 Å². The lowest BCUT2D eigenvalue weighted by atomic mass is 9.51. The van der Waals surface area contributed by atoms with Gasteiger partial charge in [0.1, 0.15) is 0 Å². The van der Waals surface area contributed by atoms with Gasteiger partial charge < -0.3 is 19.6 Å². The number of hydrogen-bond donors (Lipinski definition) is 2. The molecule has 4 nitrogen and oxygen atoms in total. The number of aliphatic hydroxyl groups is 1. The van der Waals surface area contributed by atoms with Gasteiger partial charge in [0.05, 0.1) is 16.8 Å². The van der Waals surface area contributed by atoms with Gasteiger partial charge in [0, 0.05) is 5.54 Å². The maximum absolute atomic E-state index is 10.0. The molecular weight excluding hydrogens is 228 g/mol. The molecule has 1 saturated heterocycles. The van der Waals surface area contributed by atoms with Crippen LogP contribution in [0, 0.1) is 0 Å². The highest BCUT2D eigenvalue weighted by molar-refractivity contribution is 7.05. The minimum atomic E-state index is -0.923. The largest absolute Gasteiger partial charge is 0.437 e. The fourth-order valence-corrected chi connectivity index (χ4v) is 1.46. The number of rotatable bonds is 4. The monoisotopic (exact) mass is 254 g/mol. The summed E-state index contributed by atoms with van der Waals surface area (Å²) in [6, 6.07) is 0. The lowest BCUT2D eigenvalue weighted by Gasteiger charge is -2.38. The highest BCUT2D eigenvalue weighted by atomic mass is 16.5. The molecule has 1 radical (unpaired) electrons. The van der Waals surface area contributed by atoms with Crippen LogP contribution in [0.3, 0.4) is 0 Å². The Hall–Kier alpha value is -0.0301. The topological polar surface area (TPSA) is 50.7 Å². The minimum absolute atomic E-state index is 0.129. The summed E-state index contributed by atoms with van der Waals surface area (Å²) in [5.41, 5.74) is -1.99. The first-order valence-corrected chi connectivity index (χ1v) is 6.48. The summed E-state index contributed by atoms with van der Waals surface area (Å²) in [6.07, 6.45) is 0. The Morgan fingerprint density at radius 3 is 2.00 bits per heavy atom. The highest BCUT2D eigenvalue weighted by Crippen LogP contribution is 2.32. The van der Waals surface area contributed by atoms with Crippen molar-refractivity contribution in [1.29, 1.82) is 0 Å². The Morgan fingerprint density at radius 1 is 1.17 bits per heavy atom. The quantitative estimate of drug-likeness (QED) is 0.743. The lowest BCUT2D eigenvalue weighted by molar-refractivity contribution is -0.0892. The van der Waals surface area contributed by atoms with Crippen molar-refractivity contribution in [3.05, 3.63) is 0 Å². The maximum Gasteiger partial charge on any atom is 0.366 e. The van der Waals surface area contributed by atoms with Crippen molar-refractivity contribution in [2.75, 3.05) is 0 Å². The van der Waals surface area contributed by atoms with Crippen molar-refractivity contribution < 1.29 is 14.4 Å². The molecule has 0 aromatic carbocycles. The van der Waals surface area contributed by atoms with Crippen molar-refractivity contribution in [3.63, 3.8) is 0 Å². The first-order chi connectivity index (χ1) is 7.79. The van der Waals surface area contributed by atoms with Gasteiger partial charge in [-0.1, -0.05) is 0 Å². The third-order valence-corrected chi connectivity index (χ3v) is 4.39. The second-order valence-corrected chi connectivity index (χ2v) is 7.14. The van der Waals surface area contributed by atoms with Crippen LogP contribution in [0.1, 0.15) is 55.4 Å². The van der Waals surface area contributed by atoms with Crippen LogP contribution >= 0.6 is 0 Å². The van der Waals surface area contributed by atoms with Gasteiger partial charge in [-0.3, -0.25) is 0 Å². The van der Waals surface area contributed by atoms with Gasteiger partial charge in [0.2, 0.25) is 0 Å². The standard InChI is InChI=1S/C12H26B2NO3/c1-9(2)11(5,6)18-14(15-9)13-17-12(7,8)10(3,4)16/h15-16H,1-8H3. The predicted molar refractivity (Wildman–Crippen MR) is 75.3 cm³/mol. The molecule has 0 unspecified atom stereocenters. The molecular formula is C12H26B2NO3. The number of nitrogens with one attached hydrogen (secondary N) is 1. The van der Waals surface area contributed by atoms with Crippen molar-refractivity contribution in [2.24, 2.45) is 0 Å². The molecule has 1 aliphatic heterocycles. The summed E-state index contributed by atoms with van der Waals surface area (Å²) in [4.78, 5) is 0. The zero-order valence-electron chi connectivity index (χ0n) is 12.9. The predicted octanol–water partition coefficient (Wildman–Crippen LogP) is 1.33. The van der Waals surface area contributed by atoms with Crippen molar-refractivity contribution >= 4 is 14.3 Å². The van der Waals surface area contributed by atoms with E-state index in [1.807, 2.05) is 13.8 Å². The van der Waals surface area contributed by atoms with Gasteiger partial charge in [-0.15, -0.1) is 0 Å². The molecule has 1 aliphatic rings. The van der Waals surface area contributed by atoms with Gasteiger partial charge in [0.25, 0.3) is 0 Å². The van der Waals surface area contributed by atoms with E-state index in [0.29, 0.717) is 0 Å². The lowest BCUT2D eigenvalue weighted by Crippen LogP contribution is -2.53. The molecule has 1 fully saturated rings. The summed E-state index contributed by atoms with van der Waals surface area (Å²) in [7, 11) is 1.63. The molecule has 0 spiro atoms. The van der Waals surface area contributed by atoms with Gasteiger partial charge in [-0.2, -0.15) is 0 Å². The smallest absolute Gasteiger partial charge is 0.366 e. The molecule has 0 aliphatic carbocycles. The van der Waals surface area contributed by atoms with Crippen LogP contribution in [-0.2, 0) is 9.31 Å². The zero-order valence-corrected chi connectivity index (χ0v) is 12.9. The Kier molecular flexibility index (Phi) is 4.02. The zero-order chi connectivity index (χ0) is 14.4. The molecule has 1 heterocycles. The van der Waals surface area contributed by atoms with E-state index in [9.17, 15) is 5.11 Å². The van der Waals surface area contributed by atoms with Crippen LogP contribution in [0.4, 0.5) is 0 Å². The molecule has 18 heavy (non-hydrogen) atoms. The van der Waals surface area contributed by atoms with Crippen molar-refractivity contribution in [1.82, 2.24) is 5.23 Å². The molecule has 0 aromatic heterocycles. The van der Waals surface area contributed by atoms with E-state index in [-0.39, 0.29) is 18.1 Å². The summed E-state index contributed by atoms with van der Waals surface area (Å²) in [6.45, 7) is 15.2. The van der Waals surface area contributed by atoms with Crippen molar-refractivity contribution in [3.8, 4) is 0 Å². The molecule has 2 N–H and O–H groups in total. The van der Waals surface area contributed by atoms with Gasteiger partial charge in [-0.05, 0) is 55.4 Å². The van der Waals surface area contributed by atoms with E-state index < -0.39 is 11.2 Å². The Balaban J connectivity index is 2.58. The van der Waals surface area contributed by atoms with Crippen LogP contribution in [0.2, 0.25) is 0 Å². The minimum Gasteiger partial charge on any atom is -0.437 e. The Morgan fingerprint density at radius 2 is 1.67 bits per heavy atom. The van der Waals surface area contributed by atoms with Crippen LogP contribution in [0.15, 0.2) is 0 Å². The van der Waals surface area contributed by atoms with Gasteiger partial charge >= 0.3 is 14.3 Å². The summed E-state index contributed by atoms with van der Waals surface area (Å²) >= 11 is 0. The van der Waals surface area contributed by atoms with E-state index >= 15 is 0 Å². The molecule has 6 heteroatoms. The Bertz CT molecular complexity index is 295. The first kappa shape index (κ1) is 16.0. The summed E-state index contributed by atoms with van der Waals surface area (Å²) < 4.78 is 11.6. The van der Waals surface area contributed by atoms with E-state index in [2.05, 4.69) is 32.9 Å². The van der Waals surface area contributed by atoms with Gasteiger partial charge in [0.15, 0.2) is 0 Å². The highest BCUT2D eigenvalue weighted by Gasteiger charge is 2.50. The maximum atomic E-state index is 10.0. The average molecular weight is 254 g/mol. The van der Waals surface area contributed by atoms with Crippen molar-refractivity contribution in [2.45, 2.75) is 77.7 Å². The van der Waals surface area contributed by atoms with Gasteiger partial charge in [-0.25, -0.2) is 0 Å². The molecule has 0 atom stereocenters. The van der Waals surface area contributed by atoms with Crippen LogP contribution in [0.5, 0.6) is 0 Å². The molecule has 1 rings (SSSR count). The average Bonchev–Trinajstić information content (AvgIpc) is 2.30. The third kappa shape index (κ3) is 3.10. The molecule has 103 valence electrons. The molecule has 0 amide bonds. The van der Waals surface area contributed by atoms with E-state index in [1.54, 1.807) is 21.2 Å². The molecule has 0 aromatic rings. The second-order valence-electron chi connectivity index (χ2n) is 7.14. The third-order valence-electron chi connectivity index (χ3n) is 4.39. The van der Waals surface area contributed by atoms with Crippen LogP contribution < -0.4 is 5.23 Å². The fraction of sp³-hybridized carbons (Fsp3) is 1.00.